The first-order valence-electron chi connectivity index (χ1n) is 15.1. The molecule has 1 atom stereocenters. The molecule has 14 heteroatoms. The van der Waals surface area contributed by atoms with Gasteiger partial charge in [0, 0.05) is 42.5 Å². The van der Waals surface area contributed by atoms with Gasteiger partial charge in [-0.15, -0.1) is 0 Å². The third-order valence-electron chi connectivity index (χ3n) is 7.38. The average Bonchev–Trinajstić information content (AvgIpc) is 3.48. The number of fused-ring (bicyclic) bond motifs is 3. The molecule has 2 aromatic carbocycles. The molecule has 2 amide bonds. The normalized spacial score (nSPS) is 16.0. The molecule has 2 aromatic heterocycles. The predicted molar refractivity (Wildman–Crippen MR) is 175 cm³/mol. The van der Waals surface area contributed by atoms with Crippen LogP contribution in [0.1, 0.15) is 41.6 Å². The first kappa shape index (κ1) is 34.4. The topological polar surface area (TPSA) is 187 Å². The number of nitrogens with two attached hydrogens (primary N) is 1. The van der Waals surface area contributed by atoms with Crippen LogP contribution in [-0.4, -0.2) is 81.4 Å². The van der Waals surface area contributed by atoms with Crippen LogP contribution in [0.25, 0.3) is 11.4 Å². The van der Waals surface area contributed by atoms with Crippen molar-refractivity contribution < 1.29 is 29.0 Å². The van der Waals surface area contributed by atoms with E-state index in [0.29, 0.717) is 60.7 Å². The minimum Gasteiger partial charge on any atom is -0.493 e. The van der Waals surface area contributed by atoms with E-state index in [1.807, 2.05) is 61.2 Å². The fourth-order valence-electron chi connectivity index (χ4n) is 5.05. The Hall–Kier alpha value is -5.50. The first-order valence-corrected chi connectivity index (χ1v) is 15.1. The van der Waals surface area contributed by atoms with Crippen LogP contribution < -0.4 is 25.8 Å². The van der Waals surface area contributed by atoms with E-state index in [-0.39, 0.29) is 37.4 Å². The number of hydrogen-bond donors (Lipinski definition) is 4. The molecule has 47 heavy (non-hydrogen) atoms. The van der Waals surface area contributed by atoms with Crippen molar-refractivity contribution in [3.05, 3.63) is 83.8 Å². The summed E-state index contributed by atoms with van der Waals surface area (Å²) >= 11 is 0. The standard InChI is InChI=1S/C32H38N8O4.CH2O2/c1-21(2)28-31-37-30(22-8-5-4-6-9-22)38-40(31)16-17-44-26-18-23(11-12-25(26)43-3)32(42)35-14-15-39(20-27(41)36-28)19-24-10-7-13-34-29(24)33;2-1-3/h4-13,18,21,28H,14-17,19-20H2,1-3H3,(H2,33,34)(H,35,42)(H,36,41);1H,(H,2,3)/t28-;/m1./s1. The summed E-state index contributed by atoms with van der Waals surface area (Å²) in [6, 6.07) is 18.0. The number of carboxylic acid groups (broad SMARTS) is 1. The minimum atomic E-state index is -0.425. The van der Waals surface area contributed by atoms with Crippen LogP contribution in [0.15, 0.2) is 66.9 Å². The number of hydrogen-bond acceptors (Lipinski definition) is 10. The summed E-state index contributed by atoms with van der Waals surface area (Å²) < 4.78 is 13.4. The fourth-order valence-corrected chi connectivity index (χ4v) is 5.05. The number of aromatic nitrogens is 4. The van der Waals surface area contributed by atoms with Crippen molar-refractivity contribution in [1.29, 1.82) is 0 Å². The number of carbonyl (C=O) groups excluding carboxylic acids is 2. The van der Waals surface area contributed by atoms with E-state index in [0.717, 1.165) is 11.1 Å². The van der Waals surface area contributed by atoms with Crippen LogP contribution in [0.4, 0.5) is 5.82 Å². The van der Waals surface area contributed by atoms with Crippen molar-refractivity contribution >= 4 is 24.1 Å². The highest BCUT2D eigenvalue weighted by molar-refractivity contribution is 5.94. The molecule has 3 heterocycles. The smallest absolute Gasteiger partial charge is 0.290 e. The van der Waals surface area contributed by atoms with E-state index in [1.54, 1.807) is 36.2 Å². The van der Waals surface area contributed by atoms with E-state index < -0.39 is 6.04 Å². The van der Waals surface area contributed by atoms with Crippen LogP contribution >= 0.6 is 0 Å². The Kier molecular flexibility index (Phi) is 12.2. The largest absolute Gasteiger partial charge is 0.493 e. The van der Waals surface area contributed by atoms with Gasteiger partial charge in [0.2, 0.25) is 5.91 Å². The molecule has 0 saturated carbocycles. The van der Waals surface area contributed by atoms with Gasteiger partial charge in [-0.3, -0.25) is 19.3 Å². The average molecular weight is 645 g/mol. The Morgan fingerprint density at radius 2 is 1.87 bits per heavy atom. The molecule has 1 aliphatic rings. The SMILES string of the molecule is COc1ccc2cc1OCCn1nc(-c3ccccc3)nc1[C@@H](C(C)C)NC(=O)CN(Cc1cccnc1N)CCNC2=O.O=CO. The Balaban J connectivity index is 0.00000160. The molecular formula is C33H40N8O6. The number of nitrogen functional groups attached to an aromatic ring is 1. The van der Waals surface area contributed by atoms with Crippen molar-refractivity contribution in [2.75, 3.05) is 39.1 Å². The maximum atomic E-state index is 13.6. The molecule has 14 nitrogen and oxygen atoms in total. The second-order valence-corrected chi connectivity index (χ2v) is 11.0. The number of carbonyl (C=O) groups is 3. The highest BCUT2D eigenvalue weighted by Gasteiger charge is 2.27. The van der Waals surface area contributed by atoms with Gasteiger partial charge in [0.05, 0.1) is 26.2 Å². The lowest BCUT2D eigenvalue weighted by Crippen LogP contribution is -2.43. The van der Waals surface area contributed by atoms with Crippen molar-refractivity contribution in [2.24, 2.45) is 5.92 Å². The quantitative estimate of drug-likeness (QED) is 0.234. The summed E-state index contributed by atoms with van der Waals surface area (Å²) in [6.45, 7) is 5.54. The number of methoxy groups -OCH3 is 1. The Bertz CT molecular complexity index is 1650. The summed E-state index contributed by atoms with van der Waals surface area (Å²) in [5.74, 6) is 2.08. The van der Waals surface area contributed by atoms with Gasteiger partial charge in [0.25, 0.3) is 12.4 Å². The molecule has 0 aliphatic carbocycles. The van der Waals surface area contributed by atoms with E-state index in [4.69, 9.17) is 35.2 Å². The molecular weight excluding hydrogens is 604 g/mol. The van der Waals surface area contributed by atoms with Crippen LogP contribution in [0, 0.1) is 5.92 Å². The maximum absolute atomic E-state index is 13.6. The number of anilines is 1. The summed E-state index contributed by atoms with van der Waals surface area (Å²) in [4.78, 5) is 46.0. The Morgan fingerprint density at radius 3 is 2.57 bits per heavy atom. The molecule has 0 fully saturated rings. The monoisotopic (exact) mass is 644 g/mol. The molecule has 248 valence electrons. The number of benzene rings is 2. The number of nitrogens with one attached hydrogen (secondary N) is 2. The lowest BCUT2D eigenvalue weighted by molar-refractivity contribution is -0.124. The van der Waals surface area contributed by atoms with Crippen molar-refractivity contribution in [3.63, 3.8) is 0 Å². The lowest BCUT2D eigenvalue weighted by atomic mass is 10.0. The zero-order valence-corrected chi connectivity index (χ0v) is 26.6. The maximum Gasteiger partial charge on any atom is 0.290 e. The van der Waals surface area contributed by atoms with Gasteiger partial charge in [0.15, 0.2) is 23.1 Å². The number of nitrogens with zero attached hydrogens (tertiary/aromatic N) is 5. The van der Waals surface area contributed by atoms with Crippen LogP contribution in [0.3, 0.4) is 0 Å². The van der Waals surface area contributed by atoms with E-state index in [1.165, 1.54) is 0 Å². The van der Waals surface area contributed by atoms with Crippen molar-refractivity contribution in [3.8, 4) is 22.9 Å². The highest BCUT2D eigenvalue weighted by atomic mass is 16.5. The predicted octanol–water partition coefficient (Wildman–Crippen LogP) is 2.77. The molecule has 0 unspecified atom stereocenters. The molecule has 0 saturated heterocycles. The molecule has 2 bridgehead atoms. The molecule has 0 spiro atoms. The van der Waals surface area contributed by atoms with Gasteiger partial charge in [-0.05, 0) is 30.2 Å². The molecule has 0 radical (unpaired) electrons. The van der Waals surface area contributed by atoms with Gasteiger partial charge in [-0.1, -0.05) is 50.2 Å². The Labute approximate surface area is 272 Å². The summed E-state index contributed by atoms with van der Waals surface area (Å²) in [5, 5.41) is 17.8. The number of rotatable bonds is 5. The minimum absolute atomic E-state index is 0.00649. The van der Waals surface area contributed by atoms with Crippen LogP contribution in [0.5, 0.6) is 11.5 Å². The zero-order valence-electron chi connectivity index (χ0n) is 26.6. The van der Waals surface area contributed by atoms with Gasteiger partial charge >= 0.3 is 0 Å². The van der Waals surface area contributed by atoms with Gasteiger partial charge < -0.3 is 30.9 Å². The van der Waals surface area contributed by atoms with Crippen molar-refractivity contribution in [1.82, 2.24) is 35.3 Å². The summed E-state index contributed by atoms with van der Waals surface area (Å²) in [6.07, 6.45) is 1.63. The van der Waals surface area contributed by atoms with E-state index in [9.17, 15) is 9.59 Å². The molecule has 5 rings (SSSR count). The van der Waals surface area contributed by atoms with Gasteiger partial charge in [-0.25, -0.2) is 14.6 Å². The molecule has 1 aliphatic heterocycles. The van der Waals surface area contributed by atoms with Crippen LogP contribution in [0.2, 0.25) is 0 Å². The number of pyridine rings is 1. The first-order chi connectivity index (χ1) is 22.7. The van der Waals surface area contributed by atoms with E-state index in [2.05, 4.69) is 15.6 Å². The zero-order chi connectivity index (χ0) is 33.8. The Morgan fingerprint density at radius 1 is 1.11 bits per heavy atom. The van der Waals surface area contributed by atoms with Gasteiger partial charge in [-0.2, -0.15) is 5.10 Å². The highest BCUT2D eigenvalue weighted by Crippen LogP contribution is 2.29. The van der Waals surface area contributed by atoms with E-state index >= 15 is 0 Å². The lowest BCUT2D eigenvalue weighted by Gasteiger charge is -2.26. The molecule has 4 aromatic rings. The van der Waals surface area contributed by atoms with Crippen molar-refractivity contribution in [2.45, 2.75) is 33.0 Å². The second kappa shape index (κ2) is 16.7. The molecule has 5 N–H and O–H groups in total. The summed E-state index contributed by atoms with van der Waals surface area (Å²) in [7, 11) is 1.55. The fraction of sp³-hybridized carbons (Fsp3) is 0.333. The second-order valence-electron chi connectivity index (χ2n) is 11.0. The summed E-state index contributed by atoms with van der Waals surface area (Å²) in [5.41, 5.74) is 8.22. The number of ether oxygens (including phenoxy) is 2. The van der Waals surface area contributed by atoms with Gasteiger partial charge in [0.1, 0.15) is 12.4 Å². The third kappa shape index (κ3) is 9.26. The number of amides is 2. The van der Waals surface area contributed by atoms with Crippen LogP contribution in [-0.2, 0) is 22.7 Å². The third-order valence-corrected chi connectivity index (χ3v) is 7.38.